The van der Waals surface area contributed by atoms with Gasteiger partial charge < -0.3 is 10.2 Å². The summed E-state index contributed by atoms with van der Waals surface area (Å²) in [6.45, 7) is 6.39. The molecule has 4 rings (SSSR count). The number of rotatable bonds is 5. The van der Waals surface area contributed by atoms with E-state index in [2.05, 4.69) is 31.3 Å². The lowest BCUT2D eigenvalue weighted by molar-refractivity contribution is -0.115. The molecule has 0 atom stereocenters. The molecule has 2 aromatic heterocycles. The summed E-state index contributed by atoms with van der Waals surface area (Å²) in [5.41, 5.74) is 4.42. The van der Waals surface area contributed by atoms with Gasteiger partial charge in [0.05, 0.1) is 5.69 Å². The van der Waals surface area contributed by atoms with Crippen molar-refractivity contribution in [2.24, 2.45) is 7.05 Å². The van der Waals surface area contributed by atoms with Gasteiger partial charge in [0.1, 0.15) is 5.82 Å². The number of carbonyl (C=O) groups excluding carboxylic acids is 2. The molecule has 1 aliphatic heterocycles. The van der Waals surface area contributed by atoms with Crippen molar-refractivity contribution in [1.29, 1.82) is 0 Å². The number of amides is 1. The number of nitrogens with zero attached hydrogens (tertiary/aromatic N) is 5. The second-order valence-corrected chi connectivity index (χ2v) is 7.86. The van der Waals surface area contributed by atoms with Crippen molar-refractivity contribution in [3.8, 4) is 0 Å². The smallest absolute Gasteiger partial charge is 0.271 e. The quantitative estimate of drug-likeness (QED) is 0.806. The first-order valence-electron chi connectivity index (χ1n) is 10.4. The lowest BCUT2D eigenvalue weighted by Crippen LogP contribution is -2.46. The maximum Gasteiger partial charge on any atom is 0.271 e. The number of fused-ring (bicyclic) bond motifs is 1. The van der Waals surface area contributed by atoms with Crippen LogP contribution in [0.3, 0.4) is 0 Å². The van der Waals surface area contributed by atoms with E-state index >= 15 is 0 Å². The number of nitrogens with one attached hydrogen (secondary N) is 1. The number of pyridine rings is 1. The molecule has 1 amide bonds. The maximum absolute atomic E-state index is 12.2. The van der Waals surface area contributed by atoms with Crippen molar-refractivity contribution in [3.63, 3.8) is 0 Å². The number of allylic oxidation sites excluding steroid dienone is 1. The summed E-state index contributed by atoms with van der Waals surface area (Å²) in [5.74, 6) is 1.00. The van der Waals surface area contributed by atoms with Gasteiger partial charge in [-0.1, -0.05) is 13.0 Å². The summed E-state index contributed by atoms with van der Waals surface area (Å²) in [5, 5.41) is 6.93. The zero-order valence-corrected chi connectivity index (χ0v) is 17.8. The van der Waals surface area contributed by atoms with Crippen molar-refractivity contribution >= 4 is 23.6 Å². The molecule has 1 fully saturated rings. The van der Waals surface area contributed by atoms with E-state index in [1.807, 2.05) is 32.3 Å². The van der Waals surface area contributed by atoms with E-state index in [1.165, 1.54) is 0 Å². The predicted octanol–water partition coefficient (Wildman–Crippen LogP) is 1.42. The van der Waals surface area contributed by atoms with Crippen LogP contribution in [0, 0.1) is 0 Å². The van der Waals surface area contributed by atoms with Gasteiger partial charge in [-0.3, -0.25) is 24.2 Å². The molecule has 1 N–H and O–H groups in total. The molecule has 30 heavy (non-hydrogen) atoms. The van der Waals surface area contributed by atoms with Crippen LogP contribution in [0.1, 0.15) is 40.7 Å². The van der Waals surface area contributed by atoms with E-state index in [1.54, 1.807) is 11.7 Å². The Hall–Kier alpha value is -3.00. The molecule has 2 aliphatic rings. The highest BCUT2D eigenvalue weighted by Gasteiger charge is 2.23. The normalized spacial score (nSPS) is 17.0. The van der Waals surface area contributed by atoms with Crippen LogP contribution in [-0.2, 0) is 24.8 Å². The van der Waals surface area contributed by atoms with E-state index in [-0.39, 0.29) is 11.7 Å². The molecular formula is C22H28N6O2. The van der Waals surface area contributed by atoms with Crippen molar-refractivity contribution in [1.82, 2.24) is 25.0 Å². The van der Waals surface area contributed by atoms with Gasteiger partial charge in [0.15, 0.2) is 11.5 Å². The summed E-state index contributed by atoms with van der Waals surface area (Å²) >= 11 is 0. The Bertz CT molecular complexity index is 1000. The Morgan fingerprint density at radius 3 is 2.67 bits per heavy atom. The fourth-order valence-corrected chi connectivity index (χ4v) is 4.15. The number of anilines is 1. The van der Waals surface area contributed by atoms with Gasteiger partial charge in [0, 0.05) is 65.5 Å². The van der Waals surface area contributed by atoms with Crippen molar-refractivity contribution < 1.29 is 9.59 Å². The van der Waals surface area contributed by atoms with Gasteiger partial charge in [-0.25, -0.2) is 0 Å². The Morgan fingerprint density at radius 1 is 1.20 bits per heavy atom. The maximum atomic E-state index is 12.2. The molecule has 0 bridgehead atoms. The summed E-state index contributed by atoms with van der Waals surface area (Å²) in [7, 11) is 3.48. The second-order valence-electron chi connectivity index (χ2n) is 7.86. The number of hydrogen-bond acceptors (Lipinski definition) is 6. The highest BCUT2D eigenvalue weighted by atomic mass is 16.2. The van der Waals surface area contributed by atoms with Crippen LogP contribution < -0.4 is 10.2 Å². The van der Waals surface area contributed by atoms with Crippen LogP contribution in [0.2, 0.25) is 0 Å². The first-order chi connectivity index (χ1) is 14.5. The minimum Gasteiger partial charge on any atom is -0.354 e. The minimum atomic E-state index is -0.172. The molecule has 1 saturated heterocycles. The van der Waals surface area contributed by atoms with Crippen LogP contribution in [0.25, 0.3) is 6.08 Å². The van der Waals surface area contributed by atoms with Crippen LogP contribution in [0.15, 0.2) is 23.9 Å². The number of aromatic nitrogens is 3. The van der Waals surface area contributed by atoms with Crippen LogP contribution in [-0.4, -0.2) is 64.6 Å². The highest BCUT2D eigenvalue weighted by molar-refractivity contribution is 6.03. The van der Waals surface area contributed by atoms with Gasteiger partial charge >= 0.3 is 0 Å². The van der Waals surface area contributed by atoms with E-state index in [0.717, 1.165) is 67.4 Å². The Kier molecular flexibility index (Phi) is 5.67. The third-order valence-corrected chi connectivity index (χ3v) is 5.88. The molecule has 8 heteroatoms. The van der Waals surface area contributed by atoms with Crippen LogP contribution >= 0.6 is 0 Å². The third-order valence-electron chi connectivity index (χ3n) is 5.88. The van der Waals surface area contributed by atoms with E-state index < -0.39 is 0 Å². The van der Waals surface area contributed by atoms with Crippen molar-refractivity contribution in [2.45, 2.75) is 26.3 Å². The SMILES string of the molecule is CCC1=Cc2ncc(CN3CCN(c4cc(C(=O)NC)nn4C)CC3)cc2CC1=O. The fraction of sp³-hybridized carbons (Fsp3) is 0.455. The molecule has 158 valence electrons. The molecule has 1 aliphatic carbocycles. The average molecular weight is 409 g/mol. The third kappa shape index (κ3) is 4.00. The summed E-state index contributed by atoms with van der Waals surface area (Å²) in [6.07, 6.45) is 5.08. The Labute approximate surface area is 176 Å². The first kappa shape index (κ1) is 20.3. The average Bonchev–Trinajstić information content (AvgIpc) is 3.14. The molecule has 0 radical (unpaired) electrons. The Balaban J connectivity index is 1.39. The number of ketones is 1. The summed E-state index contributed by atoms with van der Waals surface area (Å²) < 4.78 is 1.77. The van der Waals surface area contributed by atoms with Gasteiger partial charge in [0.2, 0.25) is 0 Å². The van der Waals surface area contributed by atoms with Crippen molar-refractivity contribution in [3.05, 3.63) is 46.4 Å². The van der Waals surface area contributed by atoms with Gasteiger partial charge in [-0.05, 0) is 29.2 Å². The van der Waals surface area contributed by atoms with Gasteiger partial charge in [0.25, 0.3) is 5.91 Å². The lowest BCUT2D eigenvalue weighted by Gasteiger charge is -2.35. The minimum absolute atomic E-state index is 0.172. The molecule has 0 spiro atoms. The van der Waals surface area contributed by atoms with Crippen LogP contribution in [0.4, 0.5) is 5.82 Å². The van der Waals surface area contributed by atoms with Crippen LogP contribution in [0.5, 0.6) is 0 Å². The zero-order chi connectivity index (χ0) is 21.3. The number of hydrogen-bond donors (Lipinski definition) is 1. The number of carbonyl (C=O) groups is 2. The van der Waals surface area contributed by atoms with E-state index in [9.17, 15) is 9.59 Å². The zero-order valence-electron chi connectivity index (χ0n) is 17.8. The standard InChI is InChI=1S/C22H28N6O2/c1-4-16-10-18-17(11-20(16)29)9-15(13-24-18)14-27-5-7-28(8-6-27)21-12-19(22(30)23-2)25-26(21)3/h9-10,12-13H,4-8,11,14H2,1-3H3,(H,23,30). The highest BCUT2D eigenvalue weighted by Crippen LogP contribution is 2.24. The first-order valence-corrected chi connectivity index (χ1v) is 10.4. The fourth-order valence-electron chi connectivity index (χ4n) is 4.15. The molecular weight excluding hydrogens is 380 g/mol. The lowest BCUT2D eigenvalue weighted by atomic mass is 9.92. The van der Waals surface area contributed by atoms with E-state index in [4.69, 9.17) is 0 Å². The molecule has 0 saturated carbocycles. The number of Topliss-reactive ketones (excluding diaryl/α,β-unsaturated/α-hetero) is 1. The molecule has 0 aromatic carbocycles. The molecule has 0 unspecified atom stereocenters. The molecule has 3 heterocycles. The van der Waals surface area contributed by atoms with Gasteiger partial charge in [-0.15, -0.1) is 0 Å². The molecule has 2 aromatic rings. The Morgan fingerprint density at radius 2 is 1.97 bits per heavy atom. The number of aryl methyl sites for hydroxylation is 1. The van der Waals surface area contributed by atoms with Gasteiger partial charge in [-0.2, -0.15) is 5.10 Å². The van der Waals surface area contributed by atoms with Crippen molar-refractivity contribution in [2.75, 3.05) is 38.1 Å². The predicted molar refractivity (Wildman–Crippen MR) is 115 cm³/mol. The summed E-state index contributed by atoms with van der Waals surface area (Å²) in [4.78, 5) is 33.3. The number of piperazine rings is 1. The topological polar surface area (TPSA) is 83.4 Å². The summed E-state index contributed by atoms with van der Waals surface area (Å²) in [6, 6.07) is 3.98. The largest absolute Gasteiger partial charge is 0.354 e. The second kappa shape index (κ2) is 8.39. The monoisotopic (exact) mass is 408 g/mol. The molecule has 8 nitrogen and oxygen atoms in total. The van der Waals surface area contributed by atoms with E-state index in [0.29, 0.717) is 12.1 Å².